The molecule has 0 saturated carbocycles. The van der Waals surface area contributed by atoms with Gasteiger partial charge in [-0.2, -0.15) is 0 Å². The number of likely N-dealkylation sites (N-methyl/N-ethyl adjacent to an activating group) is 1. The number of hydrogen-bond donors (Lipinski definition) is 1. The highest BCUT2D eigenvalue weighted by Gasteiger charge is 2.12. The van der Waals surface area contributed by atoms with Crippen LogP contribution in [0.4, 0.5) is 0 Å². The summed E-state index contributed by atoms with van der Waals surface area (Å²) in [5, 5.41) is 3.52. The first-order valence-electron chi connectivity index (χ1n) is 5.89. The summed E-state index contributed by atoms with van der Waals surface area (Å²) in [7, 11) is 0. The van der Waals surface area contributed by atoms with E-state index >= 15 is 0 Å². The predicted octanol–water partition coefficient (Wildman–Crippen LogP) is 2.49. The maximum absolute atomic E-state index is 3.52. The highest BCUT2D eigenvalue weighted by molar-refractivity contribution is 4.72. The number of nitrogens with one attached hydrogen (secondary N) is 1. The molecule has 14 heavy (non-hydrogen) atoms. The van der Waals surface area contributed by atoms with E-state index in [2.05, 4.69) is 51.8 Å². The van der Waals surface area contributed by atoms with Gasteiger partial charge in [-0.05, 0) is 40.7 Å². The van der Waals surface area contributed by atoms with Gasteiger partial charge in [-0.25, -0.2) is 0 Å². The molecule has 0 aromatic carbocycles. The van der Waals surface area contributed by atoms with Crippen molar-refractivity contribution < 1.29 is 0 Å². The summed E-state index contributed by atoms with van der Waals surface area (Å²) in [5.41, 5.74) is 0.245. The van der Waals surface area contributed by atoms with E-state index in [0.29, 0.717) is 6.04 Å². The van der Waals surface area contributed by atoms with Crippen molar-refractivity contribution >= 4 is 0 Å². The third kappa shape index (κ3) is 6.39. The van der Waals surface area contributed by atoms with E-state index in [1.807, 2.05) is 0 Å². The molecule has 1 atom stereocenters. The fourth-order valence-corrected chi connectivity index (χ4v) is 1.52. The quantitative estimate of drug-likeness (QED) is 0.708. The van der Waals surface area contributed by atoms with Crippen molar-refractivity contribution in [3.8, 4) is 0 Å². The summed E-state index contributed by atoms with van der Waals surface area (Å²) in [5.74, 6) is 0. The average Bonchev–Trinajstić information content (AvgIpc) is 2.09. The van der Waals surface area contributed by atoms with Gasteiger partial charge in [0.15, 0.2) is 0 Å². The standard InChI is InChI=1S/C12H28N2/c1-7-11(3)14(8-2)10-9-13-12(4,5)6/h11,13H,7-10H2,1-6H3. The smallest absolute Gasteiger partial charge is 0.0110 e. The Morgan fingerprint density at radius 3 is 2.14 bits per heavy atom. The molecule has 86 valence electrons. The van der Waals surface area contributed by atoms with Crippen LogP contribution in [-0.4, -0.2) is 36.1 Å². The first-order valence-corrected chi connectivity index (χ1v) is 5.89. The van der Waals surface area contributed by atoms with E-state index in [1.165, 1.54) is 6.42 Å². The van der Waals surface area contributed by atoms with E-state index in [1.54, 1.807) is 0 Å². The van der Waals surface area contributed by atoms with Crippen LogP contribution in [0.2, 0.25) is 0 Å². The third-order valence-electron chi connectivity index (χ3n) is 2.67. The molecule has 0 aromatic rings. The topological polar surface area (TPSA) is 15.3 Å². The Balaban J connectivity index is 3.74. The Bertz CT molecular complexity index is 138. The first kappa shape index (κ1) is 13.9. The average molecular weight is 200 g/mol. The second-order valence-electron chi connectivity index (χ2n) is 5.06. The molecule has 0 heterocycles. The molecule has 0 amide bonds. The van der Waals surface area contributed by atoms with Crippen LogP contribution >= 0.6 is 0 Å². The van der Waals surface area contributed by atoms with Gasteiger partial charge in [-0.3, -0.25) is 4.90 Å². The first-order chi connectivity index (χ1) is 6.40. The molecule has 0 aliphatic carbocycles. The molecule has 0 rings (SSSR count). The van der Waals surface area contributed by atoms with Crippen LogP contribution in [0.5, 0.6) is 0 Å². The van der Waals surface area contributed by atoms with Crippen LogP contribution in [0.25, 0.3) is 0 Å². The second kappa shape index (κ2) is 6.41. The third-order valence-corrected chi connectivity index (χ3v) is 2.67. The van der Waals surface area contributed by atoms with Crippen LogP contribution in [0.3, 0.4) is 0 Å². The van der Waals surface area contributed by atoms with Gasteiger partial charge < -0.3 is 5.32 Å². The summed E-state index contributed by atoms with van der Waals surface area (Å²) < 4.78 is 0. The Labute approximate surface area is 90.1 Å². The highest BCUT2D eigenvalue weighted by atomic mass is 15.2. The van der Waals surface area contributed by atoms with Gasteiger partial charge in [0.1, 0.15) is 0 Å². The van der Waals surface area contributed by atoms with E-state index in [-0.39, 0.29) is 5.54 Å². The molecule has 1 unspecified atom stereocenters. The molecule has 0 fully saturated rings. The van der Waals surface area contributed by atoms with Crippen LogP contribution in [0.15, 0.2) is 0 Å². The van der Waals surface area contributed by atoms with Gasteiger partial charge in [0.25, 0.3) is 0 Å². The molecule has 0 aliphatic rings. The minimum absolute atomic E-state index is 0.245. The van der Waals surface area contributed by atoms with Crippen LogP contribution in [0, 0.1) is 0 Å². The van der Waals surface area contributed by atoms with Gasteiger partial charge in [-0.15, -0.1) is 0 Å². The van der Waals surface area contributed by atoms with E-state index in [4.69, 9.17) is 0 Å². The second-order valence-corrected chi connectivity index (χ2v) is 5.06. The van der Waals surface area contributed by atoms with Crippen LogP contribution < -0.4 is 5.32 Å². The monoisotopic (exact) mass is 200 g/mol. The molecule has 0 aliphatic heterocycles. The molecule has 0 saturated heterocycles. The Hall–Kier alpha value is -0.0800. The number of hydrogen-bond acceptors (Lipinski definition) is 2. The van der Waals surface area contributed by atoms with Crippen molar-refractivity contribution in [1.29, 1.82) is 0 Å². The summed E-state index contributed by atoms with van der Waals surface area (Å²) in [6.07, 6.45) is 1.24. The summed E-state index contributed by atoms with van der Waals surface area (Å²) in [6.45, 7) is 16.8. The normalized spacial score (nSPS) is 14.8. The predicted molar refractivity (Wildman–Crippen MR) is 64.8 cm³/mol. The summed E-state index contributed by atoms with van der Waals surface area (Å²) in [6, 6.07) is 0.710. The lowest BCUT2D eigenvalue weighted by Gasteiger charge is -2.29. The lowest BCUT2D eigenvalue weighted by molar-refractivity contribution is 0.208. The van der Waals surface area contributed by atoms with Crippen molar-refractivity contribution in [2.75, 3.05) is 19.6 Å². The molecule has 0 radical (unpaired) electrons. The van der Waals surface area contributed by atoms with Crippen molar-refractivity contribution in [1.82, 2.24) is 10.2 Å². The Morgan fingerprint density at radius 2 is 1.79 bits per heavy atom. The lowest BCUT2D eigenvalue weighted by atomic mass is 10.1. The number of nitrogens with zero attached hydrogens (tertiary/aromatic N) is 1. The fraction of sp³-hybridized carbons (Fsp3) is 1.00. The maximum Gasteiger partial charge on any atom is 0.0110 e. The van der Waals surface area contributed by atoms with Crippen molar-refractivity contribution in [3.05, 3.63) is 0 Å². The van der Waals surface area contributed by atoms with Gasteiger partial charge in [0.05, 0.1) is 0 Å². The molecular formula is C12H28N2. The van der Waals surface area contributed by atoms with E-state index < -0.39 is 0 Å². The molecule has 0 bridgehead atoms. The largest absolute Gasteiger partial charge is 0.311 e. The van der Waals surface area contributed by atoms with Crippen molar-refractivity contribution in [3.63, 3.8) is 0 Å². The van der Waals surface area contributed by atoms with Crippen LogP contribution in [0.1, 0.15) is 48.0 Å². The Morgan fingerprint density at radius 1 is 1.21 bits per heavy atom. The van der Waals surface area contributed by atoms with Gasteiger partial charge in [0, 0.05) is 24.7 Å². The van der Waals surface area contributed by atoms with Gasteiger partial charge >= 0.3 is 0 Å². The fourth-order valence-electron chi connectivity index (χ4n) is 1.52. The molecule has 0 aromatic heterocycles. The molecule has 1 N–H and O–H groups in total. The highest BCUT2D eigenvalue weighted by Crippen LogP contribution is 2.03. The summed E-state index contributed by atoms with van der Waals surface area (Å²) >= 11 is 0. The minimum atomic E-state index is 0.245. The summed E-state index contributed by atoms with van der Waals surface area (Å²) in [4.78, 5) is 2.53. The van der Waals surface area contributed by atoms with E-state index in [0.717, 1.165) is 19.6 Å². The zero-order valence-electron chi connectivity index (χ0n) is 10.9. The molecular weight excluding hydrogens is 172 g/mol. The number of rotatable bonds is 6. The minimum Gasteiger partial charge on any atom is -0.311 e. The SMILES string of the molecule is CCC(C)N(CC)CCNC(C)(C)C. The van der Waals surface area contributed by atoms with Crippen LogP contribution in [-0.2, 0) is 0 Å². The van der Waals surface area contributed by atoms with Gasteiger partial charge in [-0.1, -0.05) is 13.8 Å². The van der Waals surface area contributed by atoms with Crippen molar-refractivity contribution in [2.24, 2.45) is 0 Å². The Kier molecular flexibility index (Phi) is 6.38. The van der Waals surface area contributed by atoms with E-state index in [9.17, 15) is 0 Å². The molecule has 2 nitrogen and oxygen atoms in total. The zero-order valence-corrected chi connectivity index (χ0v) is 10.9. The lowest BCUT2D eigenvalue weighted by Crippen LogP contribution is -2.43. The molecule has 2 heteroatoms. The van der Waals surface area contributed by atoms with Gasteiger partial charge in [0.2, 0.25) is 0 Å². The maximum atomic E-state index is 3.52. The molecule has 0 spiro atoms. The zero-order chi connectivity index (χ0) is 11.2. The van der Waals surface area contributed by atoms with Crippen molar-refractivity contribution in [2.45, 2.75) is 59.5 Å².